The molecule has 0 aromatic heterocycles. The van der Waals surface area contributed by atoms with Gasteiger partial charge in [0.05, 0.1) is 35.8 Å². The lowest BCUT2D eigenvalue weighted by Crippen LogP contribution is -2.21. The number of halogens is 2. The highest BCUT2D eigenvalue weighted by atomic mass is 35.5. The maximum Gasteiger partial charge on any atom is 0.249 e. The second-order valence-corrected chi connectivity index (χ2v) is 11.4. The van der Waals surface area contributed by atoms with Gasteiger partial charge in [-0.3, -0.25) is 4.79 Å². The monoisotopic (exact) mass is 474 g/mol. The lowest BCUT2D eigenvalue weighted by Gasteiger charge is -2.18. The number of aryl methyl sites for hydroxylation is 1. The Morgan fingerprint density at radius 2 is 1.50 bits per heavy atom. The summed E-state index contributed by atoms with van der Waals surface area (Å²) in [5, 5.41) is 0. The number of carbonyl (C=O) groups excluding carboxylic acids is 1. The molecule has 12 heteroatoms. The maximum atomic E-state index is 11.9. The van der Waals surface area contributed by atoms with Gasteiger partial charge in [-0.1, -0.05) is 0 Å². The van der Waals surface area contributed by atoms with Crippen LogP contribution in [0.4, 0.5) is 5.69 Å². The van der Waals surface area contributed by atoms with Crippen LogP contribution in [0.1, 0.15) is 21.5 Å². The predicted octanol–water partition coefficient (Wildman–Crippen LogP) is 0.769. The Kier molecular flexibility index (Phi) is 9.32. The Morgan fingerprint density at radius 1 is 1.00 bits per heavy atom. The minimum atomic E-state index is -3.43. The van der Waals surface area contributed by atoms with Gasteiger partial charge >= 0.3 is 0 Å². The van der Waals surface area contributed by atoms with Crippen molar-refractivity contribution in [2.24, 2.45) is 5.73 Å². The number of alkyl halides is 2. The van der Waals surface area contributed by atoms with Gasteiger partial charge in [0.2, 0.25) is 5.91 Å². The Balaban J connectivity index is 3.31. The van der Waals surface area contributed by atoms with E-state index in [1.54, 1.807) is 0 Å². The first-order chi connectivity index (χ1) is 13.0. The van der Waals surface area contributed by atoms with Crippen LogP contribution in [0.5, 0.6) is 5.75 Å². The van der Waals surface area contributed by atoms with E-state index in [0.29, 0.717) is 5.56 Å². The summed E-state index contributed by atoms with van der Waals surface area (Å²) in [6, 6.07) is 1.40. The van der Waals surface area contributed by atoms with Crippen molar-refractivity contribution in [3.8, 4) is 5.75 Å². The Hall–Kier alpha value is -1.23. The Labute approximate surface area is 175 Å². The molecule has 0 unspecified atom stereocenters. The average molecular weight is 475 g/mol. The van der Waals surface area contributed by atoms with E-state index in [2.05, 4.69) is 0 Å². The zero-order valence-corrected chi connectivity index (χ0v) is 18.6. The normalized spacial score (nSPS) is 12.1. The first kappa shape index (κ1) is 24.8. The Morgan fingerprint density at radius 3 is 1.93 bits per heavy atom. The van der Waals surface area contributed by atoms with E-state index in [9.17, 15) is 21.6 Å². The summed E-state index contributed by atoms with van der Waals surface area (Å²) in [4.78, 5) is 11.9. The van der Waals surface area contributed by atoms with Gasteiger partial charge in [-0.05, 0) is 30.0 Å². The zero-order valence-electron chi connectivity index (χ0n) is 15.4. The fourth-order valence-corrected chi connectivity index (χ4v) is 6.00. The molecular weight excluding hydrogens is 451 g/mol. The molecule has 0 fully saturated rings. The van der Waals surface area contributed by atoms with Crippen molar-refractivity contribution >= 4 is 54.5 Å². The molecular formula is C16H24Cl2N2O6S2. The van der Waals surface area contributed by atoms with Crippen molar-refractivity contribution < 1.29 is 26.4 Å². The molecule has 0 aliphatic heterocycles. The zero-order chi connectivity index (χ0) is 21.5. The number of ether oxygens (including phenoxy) is 1. The largest absolute Gasteiger partial charge is 0.494 e. The maximum absolute atomic E-state index is 11.9. The van der Waals surface area contributed by atoms with E-state index in [1.165, 1.54) is 13.2 Å². The number of amides is 1. The average Bonchev–Trinajstić information content (AvgIpc) is 2.58. The number of methoxy groups -OCH3 is 1. The van der Waals surface area contributed by atoms with E-state index in [-0.39, 0.29) is 70.2 Å². The molecule has 0 aliphatic carbocycles. The predicted molar refractivity (Wildman–Crippen MR) is 112 cm³/mol. The minimum Gasteiger partial charge on any atom is -0.494 e. The first-order valence-corrected chi connectivity index (χ1v) is 13.0. The van der Waals surface area contributed by atoms with Crippen LogP contribution in [0.25, 0.3) is 0 Å². The highest BCUT2D eigenvalue weighted by molar-refractivity contribution is 7.91. The van der Waals surface area contributed by atoms with E-state index in [4.69, 9.17) is 39.4 Å². The SMILES string of the molecule is COc1c(CCS(=O)(=O)CCCl)cc(C(N)=O)c(CCS(=O)(=O)CCCl)c1N. The van der Waals surface area contributed by atoms with Gasteiger partial charge in [-0.25, -0.2) is 16.8 Å². The Bertz CT molecular complexity index is 918. The van der Waals surface area contributed by atoms with Gasteiger partial charge in [0.15, 0.2) is 19.7 Å². The standard InChI is InChI=1S/C16H24Cl2N2O6S2/c1-26-15-11(2-6-27(22,23)8-4-17)10-13(16(20)21)12(14(15)19)3-7-28(24,25)9-5-18/h10H,2-9,19H2,1H3,(H2,20,21). The molecule has 160 valence electrons. The quantitative estimate of drug-likeness (QED) is 0.335. The van der Waals surface area contributed by atoms with Gasteiger partial charge in [-0.2, -0.15) is 0 Å². The third kappa shape index (κ3) is 6.98. The number of rotatable bonds is 12. The number of sulfone groups is 2. The number of hydrogen-bond acceptors (Lipinski definition) is 7. The van der Waals surface area contributed by atoms with Crippen molar-refractivity contribution in [3.05, 3.63) is 22.8 Å². The van der Waals surface area contributed by atoms with Crippen LogP contribution >= 0.6 is 23.2 Å². The number of carbonyl (C=O) groups is 1. The molecule has 0 aliphatic rings. The van der Waals surface area contributed by atoms with Crippen LogP contribution in [0.15, 0.2) is 6.07 Å². The van der Waals surface area contributed by atoms with Gasteiger partial charge in [0.1, 0.15) is 5.75 Å². The van der Waals surface area contributed by atoms with Crippen molar-refractivity contribution in [2.45, 2.75) is 12.8 Å². The van der Waals surface area contributed by atoms with Gasteiger partial charge < -0.3 is 16.2 Å². The van der Waals surface area contributed by atoms with Crippen LogP contribution in [-0.4, -0.2) is 64.6 Å². The topological polar surface area (TPSA) is 147 Å². The number of nitrogen functional groups attached to an aromatic ring is 1. The van der Waals surface area contributed by atoms with Crippen LogP contribution in [0.3, 0.4) is 0 Å². The minimum absolute atomic E-state index is 0.0240. The fraction of sp³-hybridized carbons (Fsp3) is 0.562. The van der Waals surface area contributed by atoms with E-state index < -0.39 is 25.6 Å². The van der Waals surface area contributed by atoms with Crippen LogP contribution in [-0.2, 0) is 32.5 Å². The lowest BCUT2D eigenvalue weighted by molar-refractivity contribution is 0.0999. The third-order valence-electron chi connectivity index (χ3n) is 4.10. The molecule has 0 saturated heterocycles. The van der Waals surface area contributed by atoms with Gasteiger partial charge in [-0.15, -0.1) is 23.2 Å². The summed E-state index contributed by atoms with van der Waals surface area (Å²) in [5.41, 5.74) is 12.3. The number of anilines is 1. The van der Waals surface area contributed by atoms with E-state index >= 15 is 0 Å². The molecule has 1 aromatic rings. The van der Waals surface area contributed by atoms with Crippen LogP contribution in [0, 0.1) is 0 Å². The number of primary amides is 1. The summed E-state index contributed by atoms with van der Waals surface area (Å²) in [7, 11) is -5.46. The molecule has 1 rings (SSSR count). The second-order valence-electron chi connectivity index (χ2n) is 6.05. The molecule has 0 atom stereocenters. The summed E-state index contributed by atoms with van der Waals surface area (Å²) >= 11 is 11.0. The molecule has 4 N–H and O–H groups in total. The van der Waals surface area contributed by atoms with Crippen molar-refractivity contribution in [3.63, 3.8) is 0 Å². The van der Waals surface area contributed by atoms with E-state index in [1.807, 2.05) is 0 Å². The van der Waals surface area contributed by atoms with Gasteiger partial charge in [0, 0.05) is 17.3 Å². The summed E-state index contributed by atoms with van der Waals surface area (Å²) in [6.07, 6.45) is -0.0117. The molecule has 1 amide bonds. The summed E-state index contributed by atoms with van der Waals surface area (Å²) in [5.74, 6) is -1.53. The molecule has 0 spiro atoms. The number of hydrogen-bond donors (Lipinski definition) is 2. The molecule has 0 bridgehead atoms. The smallest absolute Gasteiger partial charge is 0.249 e. The first-order valence-electron chi connectivity index (χ1n) is 8.28. The lowest BCUT2D eigenvalue weighted by atomic mass is 9.97. The number of nitrogens with two attached hydrogens (primary N) is 2. The van der Waals surface area contributed by atoms with Gasteiger partial charge in [0.25, 0.3) is 0 Å². The van der Waals surface area contributed by atoms with Crippen molar-refractivity contribution in [1.82, 2.24) is 0 Å². The van der Waals surface area contributed by atoms with Crippen LogP contribution < -0.4 is 16.2 Å². The number of benzene rings is 1. The molecule has 0 saturated carbocycles. The highest BCUT2D eigenvalue weighted by Gasteiger charge is 2.22. The van der Waals surface area contributed by atoms with Crippen LogP contribution in [0.2, 0.25) is 0 Å². The van der Waals surface area contributed by atoms with Crippen molar-refractivity contribution in [1.29, 1.82) is 0 Å². The molecule has 8 nitrogen and oxygen atoms in total. The summed E-state index contributed by atoms with van der Waals surface area (Å²) < 4.78 is 53.0. The van der Waals surface area contributed by atoms with E-state index in [0.717, 1.165) is 0 Å². The molecule has 0 radical (unpaired) electrons. The summed E-state index contributed by atoms with van der Waals surface area (Å²) in [6.45, 7) is 0. The highest BCUT2D eigenvalue weighted by Crippen LogP contribution is 2.34. The molecule has 0 heterocycles. The molecule has 1 aromatic carbocycles. The van der Waals surface area contributed by atoms with Crippen molar-refractivity contribution in [2.75, 3.05) is 47.6 Å². The third-order valence-corrected chi connectivity index (χ3v) is 8.23. The second kappa shape index (κ2) is 10.5. The fourth-order valence-electron chi connectivity index (χ4n) is 2.66. The molecule has 28 heavy (non-hydrogen) atoms.